The molecule has 8 aromatic carbocycles. The zero-order valence-corrected chi connectivity index (χ0v) is 24.8. The van der Waals surface area contributed by atoms with Crippen molar-refractivity contribution in [2.45, 2.75) is 0 Å². The van der Waals surface area contributed by atoms with Crippen LogP contribution in [0.5, 0.6) is 0 Å². The number of hydrogen-bond acceptors (Lipinski definition) is 2. The number of rotatable bonds is 4. The summed E-state index contributed by atoms with van der Waals surface area (Å²) in [6.07, 6.45) is 0. The molecule has 0 saturated heterocycles. The van der Waals surface area contributed by atoms with E-state index in [1.165, 1.54) is 63.6 Å². The highest BCUT2D eigenvalue weighted by Crippen LogP contribution is 2.41. The van der Waals surface area contributed by atoms with E-state index in [4.69, 9.17) is 0 Å². The van der Waals surface area contributed by atoms with E-state index in [1.54, 1.807) is 0 Å². The van der Waals surface area contributed by atoms with Crippen molar-refractivity contribution in [3.63, 3.8) is 0 Å². The Hall–Kier alpha value is -5.44. The Morgan fingerprint density at radius 1 is 0.318 bits per heavy atom. The Kier molecular flexibility index (Phi) is 5.75. The molecule has 9 rings (SSSR count). The van der Waals surface area contributed by atoms with Gasteiger partial charge in [0.15, 0.2) is 0 Å². The summed E-state index contributed by atoms with van der Waals surface area (Å²) in [5.41, 5.74) is 5.87. The lowest BCUT2D eigenvalue weighted by Gasteiger charge is -2.26. The molecule has 206 valence electrons. The average molecular weight is 578 g/mol. The third-order valence-electron chi connectivity index (χ3n) is 8.83. The molecule has 0 fully saturated rings. The molecule has 0 aliphatic rings. The van der Waals surface area contributed by atoms with Gasteiger partial charge in [0, 0.05) is 37.2 Å². The van der Waals surface area contributed by atoms with Crippen LogP contribution < -0.4 is 4.90 Å². The van der Waals surface area contributed by atoms with Gasteiger partial charge >= 0.3 is 0 Å². The quantitative estimate of drug-likeness (QED) is 0.188. The molecule has 0 unspecified atom stereocenters. The number of anilines is 3. The molecular formula is C42H27NS. The maximum atomic E-state index is 2.35. The molecule has 0 aliphatic heterocycles. The topological polar surface area (TPSA) is 3.24 Å². The molecule has 0 amide bonds. The zero-order chi connectivity index (χ0) is 29.0. The van der Waals surface area contributed by atoms with Crippen LogP contribution in [0.3, 0.4) is 0 Å². The van der Waals surface area contributed by atoms with Crippen molar-refractivity contribution in [1.82, 2.24) is 0 Å². The van der Waals surface area contributed by atoms with E-state index in [0.717, 1.165) is 17.1 Å². The first-order valence-electron chi connectivity index (χ1n) is 15.0. The molecule has 0 bridgehead atoms. The minimum absolute atomic E-state index is 1.14. The largest absolute Gasteiger partial charge is 0.310 e. The van der Waals surface area contributed by atoms with Crippen molar-refractivity contribution < 1.29 is 0 Å². The first-order chi connectivity index (χ1) is 21.8. The minimum atomic E-state index is 1.14. The molecule has 9 aromatic rings. The Bertz CT molecular complexity index is 2490. The highest BCUT2D eigenvalue weighted by molar-refractivity contribution is 7.25. The highest BCUT2D eigenvalue weighted by atomic mass is 32.1. The second-order valence-corrected chi connectivity index (χ2v) is 12.5. The fourth-order valence-corrected chi connectivity index (χ4v) is 7.78. The second-order valence-electron chi connectivity index (χ2n) is 11.4. The Morgan fingerprint density at radius 2 is 0.909 bits per heavy atom. The zero-order valence-electron chi connectivity index (χ0n) is 23.9. The Labute approximate surface area is 259 Å². The maximum Gasteiger partial charge on any atom is 0.0468 e. The number of nitrogens with zero attached hydrogens (tertiary/aromatic N) is 1. The van der Waals surface area contributed by atoms with Crippen LogP contribution in [0.15, 0.2) is 164 Å². The summed E-state index contributed by atoms with van der Waals surface area (Å²) in [5, 5.41) is 10.4. The summed E-state index contributed by atoms with van der Waals surface area (Å²) in [5.74, 6) is 0. The molecule has 0 atom stereocenters. The van der Waals surface area contributed by atoms with Crippen molar-refractivity contribution in [3.05, 3.63) is 164 Å². The van der Waals surface area contributed by atoms with E-state index in [1.807, 2.05) is 11.3 Å². The molecule has 1 aromatic heterocycles. The van der Waals surface area contributed by atoms with Crippen LogP contribution in [0, 0.1) is 0 Å². The van der Waals surface area contributed by atoms with Gasteiger partial charge in [-0.2, -0.15) is 0 Å². The highest BCUT2D eigenvalue weighted by Gasteiger charge is 2.15. The van der Waals surface area contributed by atoms with E-state index >= 15 is 0 Å². The van der Waals surface area contributed by atoms with Gasteiger partial charge in [0.1, 0.15) is 0 Å². The van der Waals surface area contributed by atoms with Crippen LogP contribution in [0.25, 0.3) is 63.6 Å². The van der Waals surface area contributed by atoms with Crippen LogP contribution in [-0.2, 0) is 0 Å². The molecule has 0 saturated carbocycles. The van der Waals surface area contributed by atoms with Crippen molar-refractivity contribution >= 4 is 80.9 Å². The Morgan fingerprint density at radius 3 is 1.75 bits per heavy atom. The molecule has 0 N–H and O–H groups in total. The lowest BCUT2D eigenvalue weighted by molar-refractivity contribution is 1.29. The van der Waals surface area contributed by atoms with E-state index in [9.17, 15) is 0 Å². The fraction of sp³-hybridized carbons (Fsp3) is 0. The molecular weight excluding hydrogens is 551 g/mol. The van der Waals surface area contributed by atoms with Gasteiger partial charge in [-0.15, -0.1) is 11.3 Å². The summed E-state index contributed by atoms with van der Waals surface area (Å²) >= 11 is 1.86. The summed E-state index contributed by atoms with van der Waals surface area (Å²) in [6, 6.07) is 59.7. The molecule has 2 heteroatoms. The normalized spacial score (nSPS) is 11.6. The Balaban J connectivity index is 1.12. The maximum absolute atomic E-state index is 2.35. The van der Waals surface area contributed by atoms with Gasteiger partial charge in [0.05, 0.1) is 0 Å². The van der Waals surface area contributed by atoms with Crippen molar-refractivity contribution in [2.24, 2.45) is 0 Å². The van der Waals surface area contributed by atoms with Gasteiger partial charge < -0.3 is 4.90 Å². The molecule has 0 radical (unpaired) electrons. The van der Waals surface area contributed by atoms with Crippen LogP contribution in [0.4, 0.5) is 17.1 Å². The number of hydrogen-bond donors (Lipinski definition) is 0. The number of fused-ring (bicyclic) bond motifs is 8. The first kappa shape index (κ1) is 25.1. The minimum Gasteiger partial charge on any atom is -0.310 e. The van der Waals surface area contributed by atoms with E-state index < -0.39 is 0 Å². The predicted octanol–water partition coefficient (Wildman–Crippen LogP) is 12.7. The standard InChI is InChI=1S/C42H27NS/c1-2-9-32(10-3-1)43(34-21-25-42-40(27-34)39-12-6-7-13-41(39)44-42)33-19-14-28(15-20-33)30-17-22-36-31(26-30)18-24-37-35-11-5-4-8-29(35)16-23-38(36)37/h1-27H. The van der Waals surface area contributed by atoms with Crippen molar-refractivity contribution in [3.8, 4) is 11.1 Å². The smallest absolute Gasteiger partial charge is 0.0468 e. The summed E-state index contributed by atoms with van der Waals surface area (Å²) < 4.78 is 2.64. The number of para-hydroxylation sites is 1. The van der Waals surface area contributed by atoms with Gasteiger partial charge in [0.2, 0.25) is 0 Å². The SMILES string of the molecule is c1ccc(N(c2ccc(-c3ccc4c(ccc5c6ccccc6ccc45)c3)cc2)c2ccc3sc4ccccc4c3c2)cc1. The van der Waals surface area contributed by atoms with Gasteiger partial charge in [-0.3, -0.25) is 0 Å². The van der Waals surface area contributed by atoms with E-state index in [2.05, 4.69) is 169 Å². The third kappa shape index (κ3) is 4.07. The van der Waals surface area contributed by atoms with Crippen molar-refractivity contribution in [1.29, 1.82) is 0 Å². The third-order valence-corrected chi connectivity index (χ3v) is 9.99. The van der Waals surface area contributed by atoms with Gasteiger partial charge in [-0.05, 0) is 98.0 Å². The monoisotopic (exact) mass is 577 g/mol. The van der Waals surface area contributed by atoms with Gasteiger partial charge in [0.25, 0.3) is 0 Å². The number of thiophene rings is 1. The van der Waals surface area contributed by atoms with Crippen LogP contribution in [0.2, 0.25) is 0 Å². The van der Waals surface area contributed by atoms with Crippen molar-refractivity contribution in [2.75, 3.05) is 4.90 Å². The molecule has 44 heavy (non-hydrogen) atoms. The lowest BCUT2D eigenvalue weighted by atomic mass is 9.95. The summed E-state index contributed by atoms with van der Waals surface area (Å²) in [4.78, 5) is 2.35. The molecule has 0 aliphatic carbocycles. The van der Waals surface area contributed by atoms with Gasteiger partial charge in [-0.1, -0.05) is 109 Å². The molecule has 0 spiro atoms. The van der Waals surface area contributed by atoms with Crippen LogP contribution >= 0.6 is 11.3 Å². The van der Waals surface area contributed by atoms with E-state index in [-0.39, 0.29) is 0 Å². The van der Waals surface area contributed by atoms with Gasteiger partial charge in [-0.25, -0.2) is 0 Å². The van der Waals surface area contributed by atoms with Crippen LogP contribution in [-0.4, -0.2) is 0 Å². The molecule has 1 nitrogen and oxygen atoms in total. The first-order valence-corrected chi connectivity index (χ1v) is 15.8. The van der Waals surface area contributed by atoms with Crippen LogP contribution in [0.1, 0.15) is 0 Å². The van der Waals surface area contributed by atoms with E-state index in [0.29, 0.717) is 0 Å². The molecule has 1 heterocycles. The predicted molar refractivity (Wildman–Crippen MR) is 192 cm³/mol. The fourth-order valence-electron chi connectivity index (χ4n) is 6.69. The average Bonchev–Trinajstić information content (AvgIpc) is 3.47. The number of benzene rings is 8. The lowest BCUT2D eigenvalue weighted by Crippen LogP contribution is -2.09. The summed E-state index contributed by atoms with van der Waals surface area (Å²) in [6.45, 7) is 0. The second kappa shape index (κ2) is 10.1. The summed E-state index contributed by atoms with van der Waals surface area (Å²) in [7, 11) is 0.